The fourth-order valence-corrected chi connectivity index (χ4v) is 3.85. The standard InChI is InChI=1S/C24H24F3N3O2/c1-16-5-6-19(29-23(31)17-3-2-4-18(13-17)24(25,26)27)14-21(16)22-15-20(7-8-28-22)30-9-11-32-12-10-30/h2-6,13-15H,7-12H2,1H3,(H,29,31). The van der Waals surface area contributed by atoms with Crippen LogP contribution in [0.3, 0.4) is 0 Å². The molecular formula is C24H24F3N3O2. The Morgan fingerprint density at radius 2 is 1.91 bits per heavy atom. The van der Waals surface area contributed by atoms with Crippen molar-refractivity contribution in [3.05, 3.63) is 76.5 Å². The second-order valence-corrected chi connectivity index (χ2v) is 7.81. The van der Waals surface area contributed by atoms with Crippen LogP contribution < -0.4 is 5.32 Å². The second-order valence-electron chi connectivity index (χ2n) is 7.81. The summed E-state index contributed by atoms with van der Waals surface area (Å²) in [5.74, 6) is -0.596. The lowest BCUT2D eigenvalue weighted by Crippen LogP contribution is -2.36. The monoisotopic (exact) mass is 443 g/mol. The Hall–Kier alpha value is -3.13. The zero-order chi connectivity index (χ0) is 22.7. The van der Waals surface area contributed by atoms with E-state index in [9.17, 15) is 18.0 Å². The molecule has 2 aromatic rings. The number of hydrogen-bond donors (Lipinski definition) is 1. The summed E-state index contributed by atoms with van der Waals surface area (Å²) >= 11 is 0. The van der Waals surface area contributed by atoms with Crippen LogP contribution in [-0.2, 0) is 10.9 Å². The van der Waals surface area contributed by atoms with Gasteiger partial charge in [0.2, 0.25) is 0 Å². The molecule has 5 nitrogen and oxygen atoms in total. The predicted molar refractivity (Wildman–Crippen MR) is 117 cm³/mol. The van der Waals surface area contributed by atoms with E-state index in [4.69, 9.17) is 4.74 Å². The summed E-state index contributed by atoms with van der Waals surface area (Å²) in [7, 11) is 0. The van der Waals surface area contributed by atoms with Gasteiger partial charge >= 0.3 is 6.18 Å². The van der Waals surface area contributed by atoms with Gasteiger partial charge in [0.25, 0.3) is 5.91 Å². The van der Waals surface area contributed by atoms with Crippen molar-refractivity contribution in [3.8, 4) is 0 Å². The highest BCUT2D eigenvalue weighted by Gasteiger charge is 2.31. The number of aryl methyl sites for hydroxylation is 1. The topological polar surface area (TPSA) is 53.9 Å². The van der Waals surface area contributed by atoms with Crippen LogP contribution in [0.5, 0.6) is 0 Å². The molecule has 1 amide bonds. The van der Waals surface area contributed by atoms with Crippen molar-refractivity contribution >= 4 is 17.3 Å². The van der Waals surface area contributed by atoms with E-state index in [1.165, 1.54) is 17.8 Å². The molecule has 0 bridgehead atoms. The lowest BCUT2D eigenvalue weighted by Gasteiger charge is -2.32. The average molecular weight is 443 g/mol. The number of allylic oxidation sites excluding steroid dienone is 1. The Bertz CT molecular complexity index is 1070. The van der Waals surface area contributed by atoms with Crippen molar-refractivity contribution < 1.29 is 22.7 Å². The summed E-state index contributed by atoms with van der Waals surface area (Å²) in [6, 6.07) is 9.82. The Kier molecular flexibility index (Phi) is 6.32. The van der Waals surface area contributed by atoms with Gasteiger partial charge < -0.3 is 15.0 Å². The third-order valence-corrected chi connectivity index (χ3v) is 5.59. The van der Waals surface area contributed by atoms with Crippen LogP contribution >= 0.6 is 0 Å². The SMILES string of the molecule is Cc1ccc(NC(=O)c2cccc(C(F)(F)F)c2)cc1C1=NCCC(N2CCOCC2)=C1. The summed E-state index contributed by atoms with van der Waals surface area (Å²) in [6.45, 7) is 5.77. The van der Waals surface area contributed by atoms with Crippen LogP contribution in [0, 0.1) is 6.92 Å². The lowest BCUT2D eigenvalue weighted by atomic mass is 9.99. The highest BCUT2D eigenvalue weighted by atomic mass is 19.4. The molecule has 2 aliphatic rings. The molecule has 0 saturated carbocycles. The van der Waals surface area contributed by atoms with Crippen LogP contribution in [-0.4, -0.2) is 49.4 Å². The predicted octanol–water partition coefficient (Wildman–Crippen LogP) is 4.68. The minimum atomic E-state index is -4.50. The number of morpholine rings is 1. The number of nitrogens with zero attached hydrogens (tertiary/aromatic N) is 2. The summed E-state index contributed by atoms with van der Waals surface area (Å²) in [6.07, 6.45) is -1.55. The molecule has 2 heterocycles. The lowest BCUT2D eigenvalue weighted by molar-refractivity contribution is -0.137. The highest BCUT2D eigenvalue weighted by Crippen LogP contribution is 2.30. The molecule has 2 aromatic carbocycles. The van der Waals surface area contributed by atoms with E-state index in [2.05, 4.69) is 21.3 Å². The number of alkyl halides is 3. The number of benzene rings is 2. The number of hydrogen-bond acceptors (Lipinski definition) is 4. The maximum Gasteiger partial charge on any atom is 0.416 e. The normalized spacial score (nSPS) is 16.9. The molecule has 1 saturated heterocycles. The van der Waals surface area contributed by atoms with Crippen molar-refractivity contribution in [1.29, 1.82) is 0 Å². The molecule has 4 rings (SSSR count). The molecule has 0 unspecified atom stereocenters. The van der Waals surface area contributed by atoms with Crippen molar-refractivity contribution in [1.82, 2.24) is 4.90 Å². The molecule has 32 heavy (non-hydrogen) atoms. The van der Waals surface area contributed by atoms with Crippen LogP contribution in [0.1, 0.15) is 33.5 Å². The van der Waals surface area contributed by atoms with E-state index < -0.39 is 17.6 Å². The van der Waals surface area contributed by atoms with Crippen LogP contribution in [0.25, 0.3) is 0 Å². The number of amides is 1. The number of dihydropyridines is 1. The van der Waals surface area contributed by atoms with E-state index in [0.29, 0.717) is 25.4 Å². The number of carbonyl (C=O) groups excluding carboxylic acids is 1. The van der Waals surface area contributed by atoms with Crippen molar-refractivity contribution in [2.75, 3.05) is 38.2 Å². The largest absolute Gasteiger partial charge is 0.416 e. The smallest absolute Gasteiger partial charge is 0.378 e. The summed E-state index contributed by atoms with van der Waals surface area (Å²) < 4.78 is 44.3. The number of aliphatic imine (C=N–C) groups is 1. The highest BCUT2D eigenvalue weighted by molar-refractivity contribution is 6.11. The molecule has 2 aliphatic heterocycles. The number of anilines is 1. The van der Waals surface area contributed by atoms with Crippen molar-refractivity contribution in [2.45, 2.75) is 19.5 Å². The van der Waals surface area contributed by atoms with Gasteiger partial charge in [0.05, 0.1) is 24.5 Å². The molecule has 0 atom stereocenters. The third kappa shape index (κ3) is 5.02. The van der Waals surface area contributed by atoms with E-state index in [1.807, 2.05) is 19.1 Å². The minimum absolute atomic E-state index is 0.0496. The van der Waals surface area contributed by atoms with Gasteiger partial charge in [-0.1, -0.05) is 12.1 Å². The molecule has 0 aromatic heterocycles. The van der Waals surface area contributed by atoms with Gasteiger partial charge in [-0.3, -0.25) is 9.79 Å². The Labute approximate surface area is 184 Å². The summed E-state index contributed by atoms with van der Waals surface area (Å²) in [5.41, 5.74) is 3.54. The average Bonchev–Trinajstić information content (AvgIpc) is 2.80. The van der Waals surface area contributed by atoms with Gasteiger partial charge in [-0.2, -0.15) is 13.2 Å². The van der Waals surface area contributed by atoms with E-state index in [1.54, 1.807) is 6.07 Å². The number of carbonyl (C=O) groups is 1. The van der Waals surface area contributed by atoms with Gasteiger partial charge in [0, 0.05) is 48.6 Å². The maximum atomic E-state index is 13.0. The Morgan fingerprint density at radius 1 is 1.12 bits per heavy atom. The van der Waals surface area contributed by atoms with Crippen LogP contribution in [0.15, 0.2) is 59.2 Å². The molecule has 168 valence electrons. The first-order chi connectivity index (χ1) is 15.3. The molecule has 0 radical (unpaired) electrons. The zero-order valence-corrected chi connectivity index (χ0v) is 17.7. The van der Waals surface area contributed by atoms with E-state index >= 15 is 0 Å². The third-order valence-electron chi connectivity index (χ3n) is 5.59. The van der Waals surface area contributed by atoms with Gasteiger partial charge in [-0.05, 0) is 48.9 Å². The van der Waals surface area contributed by atoms with Crippen molar-refractivity contribution in [3.63, 3.8) is 0 Å². The van der Waals surface area contributed by atoms with Crippen LogP contribution in [0.2, 0.25) is 0 Å². The first kappa shape index (κ1) is 22.1. The van der Waals surface area contributed by atoms with Gasteiger partial charge in [0.1, 0.15) is 0 Å². The summed E-state index contributed by atoms with van der Waals surface area (Å²) in [5, 5.41) is 2.71. The van der Waals surface area contributed by atoms with Crippen molar-refractivity contribution in [2.24, 2.45) is 4.99 Å². The van der Waals surface area contributed by atoms with Crippen LogP contribution in [0.4, 0.5) is 18.9 Å². The zero-order valence-electron chi connectivity index (χ0n) is 17.7. The number of halogens is 3. The Morgan fingerprint density at radius 3 is 2.66 bits per heavy atom. The van der Waals surface area contributed by atoms with E-state index in [0.717, 1.165) is 48.5 Å². The number of ether oxygens (including phenoxy) is 1. The Balaban J connectivity index is 1.55. The number of nitrogens with one attached hydrogen (secondary N) is 1. The molecular weight excluding hydrogens is 419 g/mol. The maximum absolute atomic E-state index is 13.0. The van der Waals surface area contributed by atoms with E-state index in [-0.39, 0.29) is 5.56 Å². The molecule has 0 spiro atoms. The quantitative estimate of drug-likeness (QED) is 0.747. The summed E-state index contributed by atoms with van der Waals surface area (Å²) in [4.78, 5) is 19.6. The molecule has 0 aliphatic carbocycles. The minimum Gasteiger partial charge on any atom is -0.378 e. The fourth-order valence-electron chi connectivity index (χ4n) is 3.85. The van der Waals surface area contributed by atoms with Gasteiger partial charge in [-0.25, -0.2) is 0 Å². The first-order valence-electron chi connectivity index (χ1n) is 10.5. The first-order valence-corrected chi connectivity index (χ1v) is 10.5. The fraction of sp³-hybridized carbons (Fsp3) is 0.333. The van der Waals surface area contributed by atoms with Gasteiger partial charge in [-0.15, -0.1) is 0 Å². The molecule has 8 heteroatoms. The second kappa shape index (κ2) is 9.16. The van der Waals surface area contributed by atoms with Gasteiger partial charge in [0.15, 0.2) is 0 Å². The molecule has 1 N–H and O–H groups in total. The number of rotatable bonds is 4. The molecule has 1 fully saturated rings.